The molecule has 0 aliphatic carbocycles. The Hall–Kier alpha value is -2.80. The molecular weight excluding hydrogens is 369 g/mol. The first-order valence-electron chi connectivity index (χ1n) is 7.35. The monoisotopic (exact) mass is 384 g/mol. The third-order valence-electron chi connectivity index (χ3n) is 3.16. The maximum atomic E-state index is 12.2. The second-order valence-corrected chi connectivity index (χ2v) is 6.43. The van der Waals surface area contributed by atoms with Crippen LogP contribution in [0.25, 0.3) is 0 Å². The average Bonchev–Trinajstić information content (AvgIpc) is 2.97. The number of aryl methyl sites for hydroxylation is 1. The Morgan fingerprint density at radius 3 is 2.77 bits per heavy atom. The fourth-order valence-electron chi connectivity index (χ4n) is 2.00. The van der Waals surface area contributed by atoms with Crippen LogP contribution in [-0.4, -0.2) is 35.7 Å². The number of carbonyl (C=O) groups excluding carboxylic acids is 1. The summed E-state index contributed by atoms with van der Waals surface area (Å²) in [5, 5.41) is 14.4. The number of halogens is 3. The number of thiazole rings is 1. The van der Waals surface area contributed by atoms with E-state index in [1.54, 1.807) is 13.1 Å². The molecule has 0 unspecified atom stereocenters. The van der Waals surface area contributed by atoms with Crippen LogP contribution < -0.4 is 10.1 Å². The molecule has 26 heavy (non-hydrogen) atoms. The average molecular weight is 384 g/mol. The minimum atomic E-state index is -4.50. The maximum absolute atomic E-state index is 12.2. The summed E-state index contributed by atoms with van der Waals surface area (Å²) >= 11 is 1.48. The number of aromatic nitrogens is 1. The van der Waals surface area contributed by atoms with Gasteiger partial charge in [0.2, 0.25) is 0 Å². The van der Waals surface area contributed by atoms with Crippen molar-refractivity contribution < 1.29 is 22.7 Å². The second kappa shape index (κ2) is 8.05. The molecule has 1 N–H and O–H groups in total. The van der Waals surface area contributed by atoms with Crippen molar-refractivity contribution in [1.82, 2.24) is 9.88 Å². The zero-order valence-corrected chi connectivity index (χ0v) is 14.7. The van der Waals surface area contributed by atoms with Gasteiger partial charge in [0.05, 0.1) is 22.8 Å². The highest BCUT2D eigenvalue weighted by Gasteiger charge is 2.28. The van der Waals surface area contributed by atoms with Crippen LogP contribution in [-0.2, 0) is 6.54 Å². The number of nitriles is 1. The lowest BCUT2D eigenvalue weighted by Crippen LogP contribution is -2.31. The van der Waals surface area contributed by atoms with Crippen molar-refractivity contribution in [2.75, 3.05) is 19.0 Å². The molecule has 0 bridgehead atoms. The molecule has 0 saturated heterocycles. The van der Waals surface area contributed by atoms with E-state index in [-0.39, 0.29) is 17.0 Å². The van der Waals surface area contributed by atoms with Gasteiger partial charge >= 0.3 is 12.2 Å². The normalized spacial score (nSPS) is 10.9. The summed E-state index contributed by atoms with van der Waals surface area (Å²) in [6.45, 7) is 0.664. The number of nitrogens with one attached hydrogen (secondary N) is 1. The summed E-state index contributed by atoms with van der Waals surface area (Å²) in [5.41, 5.74) is 0.913. The number of benzene rings is 1. The van der Waals surface area contributed by atoms with Gasteiger partial charge in [0.15, 0.2) is 6.61 Å². The summed E-state index contributed by atoms with van der Waals surface area (Å²) in [4.78, 5) is 17.9. The molecule has 0 radical (unpaired) electrons. The van der Waals surface area contributed by atoms with E-state index in [4.69, 9.17) is 5.26 Å². The summed E-state index contributed by atoms with van der Waals surface area (Å²) in [5.74, 6) is -0.200. The summed E-state index contributed by atoms with van der Waals surface area (Å²) < 4.78 is 41.3. The number of carbonyl (C=O) groups is 1. The van der Waals surface area contributed by atoms with Gasteiger partial charge in [0.1, 0.15) is 11.8 Å². The van der Waals surface area contributed by atoms with Crippen LogP contribution in [0.1, 0.15) is 16.3 Å². The highest BCUT2D eigenvalue weighted by atomic mass is 32.1. The number of hydrogen-bond donors (Lipinski definition) is 1. The molecule has 0 spiro atoms. The molecule has 1 aromatic heterocycles. The van der Waals surface area contributed by atoms with E-state index in [1.165, 1.54) is 34.4 Å². The number of anilines is 1. The smallest absolute Gasteiger partial charge is 0.422 e. The zero-order valence-electron chi connectivity index (χ0n) is 13.9. The highest BCUT2D eigenvalue weighted by molar-refractivity contribution is 7.09. The van der Waals surface area contributed by atoms with E-state index in [1.807, 2.05) is 12.3 Å². The number of amides is 2. The highest BCUT2D eigenvalue weighted by Crippen LogP contribution is 2.25. The summed E-state index contributed by atoms with van der Waals surface area (Å²) in [6, 6.07) is 5.14. The Kier molecular flexibility index (Phi) is 6.05. The van der Waals surface area contributed by atoms with Crippen molar-refractivity contribution in [3.05, 3.63) is 39.8 Å². The molecule has 2 aromatic rings. The minimum absolute atomic E-state index is 0.107. The van der Waals surface area contributed by atoms with E-state index in [2.05, 4.69) is 15.0 Å². The zero-order chi connectivity index (χ0) is 19.3. The molecule has 1 aromatic carbocycles. The lowest BCUT2D eigenvalue weighted by atomic mass is 10.2. The van der Waals surface area contributed by atoms with Crippen LogP contribution in [0.4, 0.5) is 23.7 Å². The van der Waals surface area contributed by atoms with Gasteiger partial charge in [-0.25, -0.2) is 9.78 Å². The number of alkyl halides is 3. The third kappa shape index (κ3) is 5.63. The molecule has 0 aliphatic heterocycles. The van der Waals surface area contributed by atoms with Crippen molar-refractivity contribution in [2.45, 2.75) is 19.6 Å². The lowest BCUT2D eigenvalue weighted by Gasteiger charge is -2.17. The largest absolute Gasteiger partial charge is 0.483 e. The van der Waals surface area contributed by atoms with Crippen LogP contribution in [0.2, 0.25) is 0 Å². The molecule has 138 valence electrons. The Morgan fingerprint density at radius 2 is 2.19 bits per heavy atom. The first kappa shape index (κ1) is 19.5. The van der Waals surface area contributed by atoms with Crippen LogP contribution >= 0.6 is 11.3 Å². The molecule has 0 fully saturated rings. The van der Waals surface area contributed by atoms with Crippen molar-refractivity contribution in [2.24, 2.45) is 0 Å². The van der Waals surface area contributed by atoms with Crippen molar-refractivity contribution in [3.63, 3.8) is 0 Å². The van der Waals surface area contributed by atoms with Crippen LogP contribution in [0.15, 0.2) is 23.6 Å². The van der Waals surface area contributed by atoms with E-state index >= 15 is 0 Å². The van der Waals surface area contributed by atoms with Crippen LogP contribution in [0, 0.1) is 18.3 Å². The van der Waals surface area contributed by atoms with Gasteiger partial charge < -0.3 is 15.0 Å². The third-order valence-corrected chi connectivity index (χ3v) is 3.98. The van der Waals surface area contributed by atoms with Crippen LogP contribution in [0.5, 0.6) is 5.75 Å². The lowest BCUT2D eigenvalue weighted by molar-refractivity contribution is -0.153. The topological polar surface area (TPSA) is 78.2 Å². The maximum Gasteiger partial charge on any atom is 0.422 e. The molecule has 10 heteroatoms. The van der Waals surface area contributed by atoms with E-state index in [0.29, 0.717) is 6.54 Å². The molecule has 2 rings (SSSR count). The second-order valence-electron chi connectivity index (χ2n) is 5.37. The molecule has 0 atom stereocenters. The summed E-state index contributed by atoms with van der Waals surface area (Å²) in [6.07, 6.45) is -4.50. The number of ether oxygens (including phenoxy) is 1. The Bertz CT molecular complexity index is 830. The first-order chi connectivity index (χ1) is 12.2. The van der Waals surface area contributed by atoms with E-state index in [0.717, 1.165) is 10.7 Å². The summed E-state index contributed by atoms with van der Waals surface area (Å²) in [7, 11) is 1.58. The van der Waals surface area contributed by atoms with Gasteiger partial charge in [-0.3, -0.25) is 0 Å². The molecule has 1 heterocycles. The van der Waals surface area contributed by atoms with Gasteiger partial charge in [-0.15, -0.1) is 11.3 Å². The molecule has 6 nitrogen and oxygen atoms in total. The number of urea groups is 1. The number of nitrogens with zero attached hydrogens (tertiary/aromatic N) is 3. The van der Waals surface area contributed by atoms with Gasteiger partial charge in [0.25, 0.3) is 0 Å². The van der Waals surface area contributed by atoms with Gasteiger partial charge in [-0.1, -0.05) is 0 Å². The predicted molar refractivity (Wildman–Crippen MR) is 90.0 cm³/mol. The fraction of sp³-hybridized carbons (Fsp3) is 0.312. The van der Waals surface area contributed by atoms with E-state index in [9.17, 15) is 18.0 Å². The van der Waals surface area contributed by atoms with Crippen molar-refractivity contribution in [1.29, 1.82) is 5.26 Å². The molecular formula is C16H15F3N4O2S. The van der Waals surface area contributed by atoms with E-state index < -0.39 is 18.8 Å². The van der Waals surface area contributed by atoms with Crippen molar-refractivity contribution in [3.8, 4) is 11.8 Å². The standard InChI is InChI=1S/C16H15F3N4O2S/c1-10-21-13(8-26-10)7-23(2)15(24)22-12-3-4-14(11(5-12)6-20)25-9-16(17,18)19/h3-5,8H,7,9H2,1-2H3,(H,22,24). The Labute approximate surface area is 151 Å². The van der Waals surface area contributed by atoms with Crippen LogP contribution in [0.3, 0.4) is 0 Å². The fourth-order valence-corrected chi connectivity index (χ4v) is 2.60. The number of rotatable bonds is 5. The quantitative estimate of drug-likeness (QED) is 0.847. The molecule has 0 aliphatic rings. The Balaban J connectivity index is 2.02. The van der Waals surface area contributed by atoms with Gasteiger partial charge in [-0.05, 0) is 25.1 Å². The number of hydrogen-bond acceptors (Lipinski definition) is 5. The molecule has 2 amide bonds. The first-order valence-corrected chi connectivity index (χ1v) is 8.23. The minimum Gasteiger partial charge on any atom is -0.483 e. The molecule has 0 saturated carbocycles. The SMILES string of the molecule is Cc1nc(CN(C)C(=O)Nc2ccc(OCC(F)(F)F)c(C#N)c2)cs1. The Morgan fingerprint density at radius 1 is 1.46 bits per heavy atom. The van der Waals surface area contributed by atoms with Gasteiger partial charge in [0, 0.05) is 18.1 Å². The van der Waals surface area contributed by atoms with Crippen molar-refractivity contribution >= 4 is 23.1 Å². The predicted octanol–water partition coefficient (Wildman–Crippen LogP) is 3.93. The van der Waals surface area contributed by atoms with Gasteiger partial charge in [-0.2, -0.15) is 18.4 Å².